The Hall–Kier alpha value is -3.64. The lowest BCUT2D eigenvalue weighted by molar-refractivity contribution is -0.139. The number of alkyl halides is 3. The summed E-state index contributed by atoms with van der Waals surface area (Å²) in [5.41, 5.74) is -0.562. The second-order valence-electron chi connectivity index (χ2n) is 10.4. The molecule has 3 rings (SSSR count). The number of amides is 2. The molecule has 7 nitrogen and oxygen atoms in total. The van der Waals surface area contributed by atoms with Crippen LogP contribution in [-0.4, -0.2) is 44.3 Å². The summed E-state index contributed by atoms with van der Waals surface area (Å²) in [5, 5.41) is 2.08. The van der Waals surface area contributed by atoms with Gasteiger partial charge in [-0.25, -0.2) is 12.8 Å². The molecule has 0 spiro atoms. The van der Waals surface area contributed by atoms with E-state index in [1.165, 1.54) is 55.5 Å². The van der Waals surface area contributed by atoms with Crippen LogP contribution in [0.15, 0.2) is 71.6 Å². The van der Waals surface area contributed by atoms with E-state index in [-0.39, 0.29) is 17.4 Å². The summed E-state index contributed by atoms with van der Waals surface area (Å²) in [5.74, 6) is -1.83. The zero-order valence-electron chi connectivity index (χ0n) is 24.0. The first-order valence-electron chi connectivity index (χ1n) is 13.3. The number of carbonyl (C=O) groups excluding carboxylic acids is 2. The monoisotopic (exact) mass is 641 g/mol. The summed E-state index contributed by atoms with van der Waals surface area (Å²) in [7, 11) is -4.60. The van der Waals surface area contributed by atoms with Gasteiger partial charge in [0.2, 0.25) is 11.8 Å². The molecule has 3 aromatic rings. The van der Waals surface area contributed by atoms with Crippen molar-refractivity contribution >= 4 is 39.1 Å². The molecule has 1 atom stereocenters. The molecule has 0 aliphatic rings. The first-order valence-corrected chi connectivity index (χ1v) is 15.1. The summed E-state index contributed by atoms with van der Waals surface area (Å²) in [6, 6.07) is 12.1. The van der Waals surface area contributed by atoms with Crippen LogP contribution < -0.4 is 9.62 Å². The second-order valence-corrected chi connectivity index (χ2v) is 12.7. The summed E-state index contributed by atoms with van der Waals surface area (Å²) in [6.07, 6.45) is -4.91. The Balaban J connectivity index is 2.10. The van der Waals surface area contributed by atoms with Crippen LogP contribution in [0.1, 0.15) is 37.5 Å². The number of aryl methyl sites for hydroxylation is 1. The highest BCUT2D eigenvalue weighted by atomic mass is 35.5. The van der Waals surface area contributed by atoms with Gasteiger partial charge in [0.1, 0.15) is 18.4 Å². The Morgan fingerprint density at radius 2 is 1.56 bits per heavy atom. The molecule has 232 valence electrons. The first kappa shape index (κ1) is 33.9. The molecule has 0 aliphatic heterocycles. The number of anilines is 1. The fraction of sp³-hybridized carbons (Fsp3) is 0.333. The number of carbonyl (C=O) groups is 2. The third-order valence-corrected chi connectivity index (χ3v) is 8.67. The molecule has 13 heteroatoms. The van der Waals surface area contributed by atoms with E-state index in [1.54, 1.807) is 6.92 Å². The molecule has 1 N–H and O–H groups in total. The number of hydrogen-bond acceptors (Lipinski definition) is 4. The average molecular weight is 642 g/mol. The van der Waals surface area contributed by atoms with Crippen LogP contribution in [0.2, 0.25) is 5.02 Å². The van der Waals surface area contributed by atoms with Crippen molar-refractivity contribution in [3.8, 4) is 0 Å². The standard InChI is InChI=1S/C30H32ClF4N3O4S/c1-19(2)16-36-29(40)21(4)37(17-22-7-9-23(32)10-8-22)28(39)18-38(43(41,42)25-12-5-20(3)6-13-25)24-11-14-27(31)26(15-24)30(33,34)35/h5-15,19,21H,16-18H2,1-4H3,(H,36,40)/t21-/m0/s1. The number of sulfonamides is 1. The maximum Gasteiger partial charge on any atom is 0.417 e. The summed E-state index contributed by atoms with van der Waals surface area (Å²) in [6.45, 7) is 6.08. The smallest absolute Gasteiger partial charge is 0.354 e. The molecule has 2 amide bonds. The molecular formula is C30H32ClF4N3O4S. The van der Waals surface area contributed by atoms with E-state index < -0.39 is 62.7 Å². The van der Waals surface area contributed by atoms with Gasteiger partial charge < -0.3 is 10.2 Å². The van der Waals surface area contributed by atoms with E-state index in [2.05, 4.69) is 5.32 Å². The van der Waals surface area contributed by atoms with Gasteiger partial charge >= 0.3 is 6.18 Å². The SMILES string of the molecule is Cc1ccc(S(=O)(=O)N(CC(=O)N(Cc2ccc(F)cc2)[C@@H](C)C(=O)NCC(C)C)c2ccc(Cl)c(C(F)(F)F)c2)cc1. The average Bonchev–Trinajstić information content (AvgIpc) is 2.93. The molecule has 0 bridgehead atoms. The highest BCUT2D eigenvalue weighted by Crippen LogP contribution is 2.38. The van der Waals surface area contributed by atoms with E-state index in [0.717, 1.165) is 22.6 Å². The molecule has 0 fully saturated rings. The predicted octanol–water partition coefficient (Wildman–Crippen LogP) is 6.19. The quantitative estimate of drug-likeness (QED) is 0.253. The van der Waals surface area contributed by atoms with Crippen molar-refractivity contribution in [3.63, 3.8) is 0 Å². The molecule has 0 saturated heterocycles. The third-order valence-electron chi connectivity index (χ3n) is 6.55. The van der Waals surface area contributed by atoms with Crippen molar-refractivity contribution in [1.29, 1.82) is 0 Å². The minimum Gasteiger partial charge on any atom is -0.354 e. The van der Waals surface area contributed by atoms with Gasteiger partial charge in [0.15, 0.2) is 0 Å². The molecule has 0 aromatic heterocycles. The van der Waals surface area contributed by atoms with Crippen molar-refractivity contribution in [2.45, 2.75) is 51.4 Å². The largest absolute Gasteiger partial charge is 0.417 e. The van der Waals surface area contributed by atoms with Crippen molar-refractivity contribution in [3.05, 3.63) is 94.3 Å². The Morgan fingerprint density at radius 1 is 0.953 bits per heavy atom. The summed E-state index contributed by atoms with van der Waals surface area (Å²) < 4.78 is 83.0. The van der Waals surface area contributed by atoms with E-state index in [4.69, 9.17) is 11.6 Å². The van der Waals surface area contributed by atoms with Gasteiger partial charge in [-0.1, -0.05) is 55.3 Å². The van der Waals surface area contributed by atoms with E-state index in [0.29, 0.717) is 22.5 Å². The van der Waals surface area contributed by atoms with Gasteiger partial charge in [-0.2, -0.15) is 13.2 Å². The normalized spacial score (nSPS) is 12.6. The Kier molecular flexibility index (Phi) is 10.8. The van der Waals surface area contributed by atoms with Gasteiger partial charge in [0.05, 0.1) is 21.2 Å². The number of halogens is 5. The molecule has 43 heavy (non-hydrogen) atoms. The molecule has 0 saturated carbocycles. The van der Waals surface area contributed by atoms with Crippen LogP contribution in [0.25, 0.3) is 0 Å². The van der Waals surface area contributed by atoms with Crippen LogP contribution in [0.3, 0.4) is 0 Å². The lowest BCUT2D eigenvalue weighted by atomic mass is 10.1. The third kappa shape index (κ3) is 8.70. The van der Waals surface area contributed by atoms with Crippen molar-refractivity contribution in [2.75, 3.05) is 17.4 Å². The molecule has 3 aromatic carbocycles. The highest BCUT2D eigenvalue weighted by Gasteiger charge is 2.37. The van der Waals surface area contributed by atoms with Crippen LogP contribution >= 0.6 is 11.6 Å². The number of benzene rings is 3. The second kappa shape index (κ2) is 13.8. The molecule has 0 heterocycles. The van der Waals surface area contributed by atoms with Gasteiger partial charge in [-0.15, -0.1) is 0 Å². The molecule has 0 aliphatic carbocycles. The van der Waals surface area contributed by atoms with E-state index in [9.17, 15) is 35.6 Å². The molecular weight excluding hydrogens is 610 g/mol. The number of hydrogen-bond donors (Lipinski definition) is 1. The topological polar surface area (TPSA) is 86.8 Å². The fourth-order valence-electron chi connectivity index (χ4n) is 4.07. The van der Waals surface area contributed by atoms with Gasteiger partial charge in [-0.05, 0) is 67.8 Å². The van der Waals surface area contributed by atoms with Gasteiger partial charge in [0, 0.05) is 13.1 Å². The minimum atomic E-state index is -4.91. The van der Waals surface area contributed by atoms with Crippen LogP contribution in [0.4, 0.5) is 23.2 Å². The predicted molar refractivity (Wildman–Crippen MR) is 156 cm³/mol. The molecule has 0 radical (unpaired) electrons. The summed E-state index contributed by atoms with van der Waals surface area (Å²) in [4.78, 5) is 27.7. The Bertz CT molecular complexity index is 1550. The van der Waals surface area contributed by atoms with Crippen LogP contribution in [-0.2, 0) is 32.3 Å². The Morgan fingerprint density at radius 3 is 2.12 bits per heavy atom. The maximum absolute atomic E-state index is 13.9. The van der Waals surface area contributed by atoms with Crippen LogP contribution in [0, 0.1) is 18.7 Å². The fourth-order valence-corrected chi connectivity index (χ4v) is 5.70. The van der Waals surface area contributed by atoms with E-state index >= 15 is 0 Å². The van der Waals surface area contributed by atoms with E-state index in [1.807, 2.05) is 13.8 Å². The highest BCUT2D eigenvalue weighted by molar-refractivity contribution is 7.92. The van der Waals surface area contributed by atoms with Crippen molar-refractivity contribution in [2.24, 2.45) is 5.92 Å². The van der Waals surface area contributed by atoms with Crippen molar-refractivity contribution < 1.29 is 35.6 Å². The molecule has 0 unspecified atom stereocenters. The lowest BCUT2D eigenvalue weighted by Gasteiger charge is -2.32. The van der Waals surface area contributed by atoms with Crippen LogP contribution in [0.5, 0.6) is 0 Å². The number of nitrogens with zero attached hydrogens (tertiary/aromatic N) is 2. The first-order chi connectivity index (χ1) is 20.0. The summed E-state index contributed by atoms with van der Waals surface area (Å²) >= 11 is 5.79. The zero-order valence-corrected chi connectivity index (χ0v) is 25.5. The van der Waals surface area contributed by atoms with Gasteiger partial charge in [-0.3, -0.25) is 13.9 Å². The number of nitrogens with one attached hydrogen (secondary N) is 1. The Labute approximate surface area is 253 Å². The lowest BCUT2D eigenvalue weighted by Crippen LogP contribution is -2.51. The van der Waals surface area contributed by atoms with Gasteiger partial charge in [0.25, 0.3) is 10.0 Å². The number of rotatable bonds is 11. The van der Waals surface area contributed by atoms with Crippen molar-refractivity contribution in [1.82, 2.24) is 10.2 Å². The maximum atomic E-state index is 13.9. The zero-order chi connectivity index (χ0) is 32.1. The minimum absolute atomic E-state index is 0.0975.